The molecule has 0 saturated heterocycles. The van der Waals surface area contributed by atoms with Gasteiger partial charge in [0, 0.05) is 6.54 Å². The van der Waals surface area contributed by atoms with Crippen molar-refractivity contribution in [1.29, 1.82) is 0 Å². The summed E-state index contributed by atoms with van der Waals surface area (Å²) in [6.45, 7) is 2.98. The second-order valence-corrected chi connectivity index (χ2v) is 6.27. The van der Waals surface area contributed by atoms with Gasteiger partial charge in [0.05, 0.1) is 21.1 Å². The van der Waals surface area contributed by atoms with E-state index in [9.17, 15) is 9.90 Å². The van der Waals surface area contributed by atoms with E-state index in [1.54, 1.807) is 0 Å². The van der Waals surface area contributed by atoms with E-state index in [4.69, 9.17) is 0 Å². The molecule has 0 aromatic rings. The maximum absolute atomic E-state index is 11.0. The lowest BCUT2D eigenvalue weighted by Gasteiger charge is -2.35. The van der Waals surface area contributed by atoms with Crippen LogP contribution >= 0.6 is 0 Å². The highest BCUT2D eigenvalue weighted by molar-refractivity contribution is 5.69. The van der Waals surface area contributed by atoms with Crippen LogP contribution in [0.2, 0.25) is 0 Å². The molecule has 1 unspecified atom stereocenters. The second-order valence-electron chi connectivity index (χ2n) is 6.27. The Morgan fingerprint density at radius 2 is 1.47 bits per heavy atom. The van der Waals surface area contributed by atoms with Crippen LogP contribution in [-0.4, -0.2) is 44.3 Å². The standard InChI is InChI=1S/C15H32N2O2/c1-5-6-7-8-9-10-11-12-13-16-14(15(18)19)17(2,3)4/h14,16H,5-13H2,1-4H3. The van der Waals surface area contributed by atoms with Gasteiger partial charge in [-0.15, -0.1) is 0 Å². The predicted octanol–water partition coefficient (Wildman–Crippen LogP) is 1.50. The van der Waals surface area contributed by atoms with Gasteiger partial charge in [-0.2, -0.15) is 0 Å². The van der Waals surface area contributed by atoms with Gasteiger partial charge in [0.25, 0.3) is 0 Å². The van der Waals surface area contributed by atoms with Crippen LogP contribution in [0, 0.1) is 0 Å². The lowest BCUT2D eigenvalue weighted by molar-refractivity contribution is -0.892. The first kappa shape index (κ1) is 18.4. The molecular weight excluding hydrogens is 240 g/mol. The Hall–Kier alpha value is -0.610. The molecule has 0 rings (SSSR count). The van der Waals surface area contributed by atoms with E-state index < -0.39 is 12.1 Å². The fraction of sp³-hybridized carbons (Fsp3) is 0.933. The Kier molecular flexibility index (Phi) is 9.88. The van der Waals surface area contributed by atoms with Crippen LogP contribution in [0.3, 0.4) is 0 Å². The molecule has 0 fully saturated rings. The Morgan fingerprint density at radius 3 is 1.89 bits per heavy atom. The number of carbonyl (C=O) groups excluding carboxylic acids is 1. The number of hydrogen-bond donors (Lipinski definition) is 1. The number of quaternary nitrogens is 1. The molecule has 1 N–H and O–H groups in total. The number of carboxylic acids is 1. The Labute approximate surface area is 118 Å². The van der Waals surface area contributed by atoms with Crippen molar-refractivity contribution in [3.8, 4) is 0 Å². The zero-order valence-corrected chi connectivity index (χ0v) is 13.2. The third-order valence-electron chi connectivity index (χ3n) is 3.37. The van der Waals surface area contributed by atoms with Gasteiger partial charge in [0.15, 0.2) is 6.17 Å². The van der Waals surface area contributed by atoms with Crippen molar-refractivity contribution in [2.75, 3.05) is 27.7 Å². The van der Waals surface area contributed by atoms with Crippen molar-refractivity contribution in [1.82, 2.24) is 5.32 Å². The monoisotopic (exact) mass is 272 g/mol. The number of carbonyl (C=O) groups is 1. The first-order valence-corrected chi connectivity index (χ1v) is 7.65. The van der Waals surface area contributed by atoms with Crippen molar-refractivity contribution >= 4 is 5.97 Å². The maximum Gasteiger partial charge on any atom is 0.183 e. The molecule has 0 aromatic carbocycles. The summed E-state index contributed by atoms with van der Waals surface area (Å²) in [6.07, 6.45) is 9.48. The first-order valence-electron chi connectivity index (χ1n) is 7.65. The predicted molar refractivity (Wildman–Crippen MR) is 77.4 cm³/mol. The SMILES string of the molecule is CCCCCCCCCCNC(C(=O)[O-])[N+](C)(C)C. The minimum absolute atomic E-state index is 0.347. The van der Waals surface area contributed by atoms with E-state index in [-0.39, 0.29) is 0 Å². The second kappa shape index (κ2) is 10.2. The summed E-state index contributed by atoms with van der Waals surface area (Å²) in [5.74, 6) is -1.02. The first-order chi connectivity index (χ1) is 8.89. The summed E-state index contributed by atoms with van der Waals surface area (Å²) in [4.78, 5) is 11.0. The highest BCUT2D eigenvalue weighted by Gasteiger charge is 2.23. The van der Waals surface area contributed by atoms with E-state index in [1.165, 1.54) is 44.9 Å². The minimum Gasteiger partial charge on any atom is -0.543 e. The van der Waals surface area contributed by atoms with Crippen LogP contribution in [0.15, 0.2) is 0 Å². The maximum atomic E-state index is 11.0. The van der Waals surface area contributed by atoms with Gasteiger partial charge in [0.1, 0.15) is 5.97 Å². The highest BCUT2D eigenvalue weighted by atomic mass is 16.4. The van der Waals surface area contributed by atoms with Crippen LogP contribution < -0.4 is 10.4 Å². The number of nitrogens with zero attached hydrogens (tertiary/aromatic N) is 1. The molecule has 0 amide bonds. The fourth-order valence-electron chi connectivity index (χ4n) is 2.17. The molecule has 0 aliphatic carbocycles. The largest absolute Gasteiger partial charge is 0.543 e. The number of aliphatic carboxylic acids is 1. The number of hydrogen-bond acceptors (Lipinski definition) is 3. The molecule has 19 heavy (non-hydrogen) atoms. The summed E-state index contributed by atoms with van der Waals surface area (Å²) in [6, 6.07) is 0. The third-order valence-corrected chi connectivity index (χ3v) is 3.37. The molecule has 0 aromatic heterocycles. The molecule has 0 aliphatic rings. The normalized spacial score (nSPS) is 13.5. The van der Waals surface area contributed by atoms with E-state index in [0.29, 0.717) is 4.48 Å². The number of rotatable bonds is 12. The van der Waals surface area contributed by atoms with Gasteiger partial charge >= 0.3 is 0 Å². The summed E-state index contributed by atoms with van der Waals surface area (Å²) < 4.78 is 0.347. The summed E-state index contributed by atoms with van der Waals surface area (Å²) in [7, 11) is 5.59. The topological polar surface area (TPSA) is 52.2 Å². The molecule has 1 atom stereocenters. The number of carboxylic acid groups (broad SMARTS) is 1. The molecule has 0 radical (unpaired) electrons. The summed E-state index contributed by atoms with van der Waals surface area (Å²) >= 11 is 0. The van der Waals surface area contributed by atoms with Crippen LogP contribution in [-0.2, 0) is 4.79 Å². The van der Waals surface area contributed by atoms with Crippen molar-refractivity contribution in [2.24, 2.45) is 0 Å². The highest BCUT2D eigenvalue weighted by Crippen LogP contribution is 2.08. The van der Waals surface area contributed by atoms with E-state index >= 15 is 0 Å². The number of nitrogens with one attached hydrogen (secondary N) is 1. The van der Waals surface area contributed by atoms with E-state index in [2.05, 4.69) is 12.2 Å². The molecular formula is C15H32N2O2. The lowest BCUT2D eigenvalue weighted by Crippen LogP contribution is -2.62. The zero-order valence-electron chi connectivity index (χ0n) is 13.2. The van der Waals surface area contributed by atoms with Crippen LogP contribution in [0.1, 0.15) is 58.3 Å². The van der Waals surface area contributed by atoms with Crippen molar-refractivity contribution in [3.63, 3.8) is 0 Å². The van der Waals surface area contributed by atoms with E-state index in [1.807, 2.05) is 21.1 Å². The van der Waals surface area contributed by atoms with Gasteiger partial charge < -0.3 is 14.4 Å². The Bertz CT molecular complexity index is 237. The van der Waals surface area contributed by atoms with Gasteiger partial charge in [0.2, 0.25) is 0 Å². The molecule has 0 heterocycles. The number of unbranched alkanes of at least 4 members (excludes halogenated alkanes) is 7. The molecule has 114 valence electrons. The average Bonchev–Trinajstić information content (AvgIpc) is 2.29. The number of likely N-dealkylation sites (N-methyl/N-ethyl adjacent to an activating group) is 1. The van der Waals surface area contributed by atoms with E-state index in [0.717, 1.165) is 13.0 Å². The lowest BCUT2D eigenvalue weighted by atomic mass is 10.1. The molecule has 4 heteroatoms. The van der Waals surface area contributed by atoms with Crippen LogP contribution in [0.4, 0.5) is 0 Å². The quantitative estimate of drug-likeness (QED) is 0.333. The van der Waals surface area contributed by atoms with Gasteiger partial charge in [-0.3, -0.25) is 5.32 Å². The smallest absolute Gasteiger partial charge is 0.183 e. The van der Waals surface area contributed by atoms with Crippen LogP contribution in [0.25, 0.3) is 0 Å². The average molecular weight is 272 g/mol. The Morgan fingerprint density at radius 1 is 1.00 bits per heavy atom. The van der Waals surface area contributed by atoms with Gasteiger partial charge in [-0.25, -0.2) is 0 Å². The molecule has 0 bridgehead atoms. The Balaban J connectivity index is 3.54. The zero-order chi connectivity index (χ0) is 14.7. The molecule has 4 nitrogen and oxygen atoms in total. The van der Waals surface area contributed by atoms with Crippen molar-refractivity contribution in [3.05, 3.63) is 0 Å². The van der Waals surface area contributed by atoms with Crippen LogP contribution in [0.5, 0.6) is 0 Å². The minimum atomic E-state index is -1.02. The van der Waals surface area contributed by atoms with Gasteiger partial charge in [-0.05, 0) is 6.42 Å². The van der Waals surface area contributed by atoms with Crippen molar-refractivity contribution < 1.29 is 14.4 Å². The summed E-state index contributed by atoms with van der Waals surface area (Å²) in [5, 5.41) is 14.1. The molecule has 0 spiro atoms. The third kappa shape index (κ3) is 9.91. The van der Waals surface area contributed by atoms with Crippen molar-refractivity contribution in [2.45, 2.75) is 64.5 Å². The fourth-order valence-corrected chi connectivity index (χ4v) is 2.17. The summed E-state index contributed by atoms with van der Waals surface area (Å²) in [5.41, 5.74) is 0. The molecule has 0 saturated carbocycles. The molecule has 0 aliphatic heterocycles. The van der Waals surface area contributed by atoms with Gasteiger partial charge in [-0.1, -0.05) is 51.9 Å².